The lowest BCUT2D eigenvalue weighted by molar-refractivity contribution is 0.0865. The number of amides is 1. The Morgan fingerprint density at radius 2 is 2.05 bits per heavy atom. The Kier molecular flexibility index (Phi) is 5.12. The van der Waals surface area contributed by atoms with Gasteiger partial charge in [-0.25, -0.2) is 8.78 Å². The molecule has 1 amide bonds. The van der Waals surface area contributed by atoms with Crippen molar-refractivity contribution in [3.63, 3.8) is 0 Å². The molecule has 116 valence electrons. The Morgan fingerprint density at radius 1 is 1.38 bits per heavy atom. The molecular weight excluding hydrogens is 278 g/mol. The van der Waals surface area contributed by atoms with Gasteiger partial charge >= 0.3 is 0 Å². The molecule has 2 unspecified atom stereocenters. The Balaban J connectivity index is 2.11. The molecule has 1 aliphatic rings. The van der Waals surface area contributed by atoms with Gasteiger partial charge in [-0.2, -0.15) is 0 Å². The van der Waals surface area contributed by atoms with Crippen LogP contribution in [0.4, 0.5) is 14.5 Å². The highest BCUT2D eigenvalue weighted by Crippen LogP contribution is 2.21. The van der Waals surface area contributed by atoms with E-state index >= 15 is 0 Å². The predicted octanol–water partition coefficient (Wildman–Crippen LogP) is 2.69. The number of carbonyl (C=O) groups is 1. The highest BCUT2D eigenvalue weighted by Gasteiger charge is 2.26. The molecule has 0 radical (unpaired) electrons. The topological polar surface area (TPSA) is 50.4 Å². The van der Waals surface area contributed by atoms with Crippen molar-refractivity contribution in [1.29, 1.82) is 0 Å². The molecule has 6 heteroatoms. The third-order valence-electron chi connectivity index (χ3n) is 3.55. The van der Waals surface area contributed by atoms with Gasteiger partial charge in [-0.15, -0.1) is 0 Å². The summed E-state index contributed by atoms with van der Waals surface area (Å²) in [7, 11) is 0. The van der Waals surface area contributed by atoms with E-state index in [2.05, 4.69) is 10.6 Å². The number of benzene rings is 1. The van der Waals surface area contributed by atoms with Crippen molar-refractivity contribution in [3.8, 4) is 0 Å². The molecule has 1 aromatic carbocycles. The quantitative estimate of drug-likeness (QED) is 0.879. The van der Waals surface area contributed by atoms with Crippen LogP contribution in [0.25, 0.3) is 0 Å². The molecule has 0 aliphatic carbocycles. The van der Waals surface area contributed by atoms with Gasteiger partial charge in [0.25, 0.3) is 5.91 Å². The first kappa shape index (κ1) is 15.7. The van der Waals surface area contributed by atoms with Crippen LogP contribution in [-0.4, -0.2) is 31.2 Å². The van der Waals surface area contributed by atoms with E-state index in [1.165, 1.54) is 0 Å². The third-order valence-corrected chi connectivity index (χ3v) is 3.55. The van der Waals surface area contributed by atoms with Crippen LogP contribution in [0, 0.1) is 11.6 Å². The molecule has 1 aromatic rings. The molecule has 4 nitrogen and oxygen atoms in total. The maximum Gasteiger partial charge on any atom is 0.251 e. The average Bonchev–Trinajstić information content (AvgIpc) is 2.83. The molecule has 1 fully saturated rings. The van der Waals surface area contributed by atoms with Gasteiger partial charge in [0.05, 0.1) is 12.1 Å². The summed E-state index contributed by atoms with van der Waals surface area (Å²) < 4.78 is 33.1. The monoisotopic (exact) mass is 298 g/mol. The fourth-order valence-electron chi connectivity index (χ4n) is 2.30. The summed E-state index contributed by atoms with van der Waals surface area (Å²) in [6, 6.07) is 1.98. The summed E-state index contributed by atoms with van der Waals surface area (Å²) in [5, 5.41) is 5.42. The van der Waals surface area contributed by atoms with Crippen molar-refractivity contribution in [1.82, 2.24) is 5.32 Å². The molecule has 1 saturated heterocycles. The molecule has 2 atom stereocenters. The fraction of sp³-hybridized carbons (Fsp3) is 0.533. The molecule has 0 spiro atoms. The van der Waals surface area contributed by atoms with Gasteiger partial charge in [-0.1, -0.05) is 6.92 Å². The zero-order chi connectivity index (χ0) is 15.4. The Morgan fingerprint density at radius 3 is 2.57 bits per heavy atom. The number of halogens is 2. The first-order valence-corrected chi connectivity index (χ1v) is 7.18. The number of carbonyl (C=O) groups excluding carboxylic acids is 1. The number of nitrogens with one attached hydrogen (secondary N) is 2. The summed E-state index contributed by atoms with van der Waals surface area (Å²) in [5.74, 6) is -2.01. The maximum absolute atomic E-state index is 13.9. The largest absolute Gasteiger partial charge is 0.380 e. The third kappa shape index (κ3) is 3.69. The lowest BCUT2D eigenvalue weighted by Gasteiger charge is -2.16. The molecule has 21 heavy (non-hydrogen) atoms. The van der Waals surface area contributed by atoms with Crippen molar-refractivity contribution in [2.75, 3.05) is 18.5 Å². The zero-order valence-corrected chi connectivity index (χ0v) is 12.2. The van der Waals surface area contributed by atoms with Crippen molar-refractivity contribution < 1.29 is 18.3 Å². The van der Waals surface area contributed by atoms with Crippen LogP contribution in [0.2, 0.25) is 0 Å². The van der Waals surface area contributed by atoms with Crippen LogP contribution in [0.1, 0.15) is 37.0 Å². The fourth-order valence-corrected chi connectivity index (χ4v) is 2.30. The highest BCUT2D eigenvalue weighted by molar-refractivity contribution is 5.94. The number of hydrogen-bond acceptors (Lipinski definition) is 3. The van der Waals surface area contributed by atoms with E-state index < -0.39 is 17.5 Å². The zero-order valence-electron chi connectivity index (χ0n) is 12.2. The number of ether oxygens (including phenoxy) is 1. The Hall–Kier alpha value is -1.69. The van der Waals surface area contributed by atoms with E-state index in [0.717, 1.165) is 18.6 Å². The summed E-state index contributed by atoms with van der Waals surface area (Å²) >= 11 is 0. The van der Waals surface area contributed by atoms with Crippen LogP contribution in [0.5, 0.6) is 0 Å². The predicted molar refractivity (Wildman–Crippen MR) is 76.4 cm³/mol. The van der Waals surface area contributed by atoms with Gasteiger partial charge in [-0.05, 0) is 31.9 Å². The van der Waals surface area contributed by atoms with Crippen LogP contribution in [0.3, 0.4) is 0 Å². The van der Waals surface area contributed by atoms with Gasteiger partial charge < -0.3 is 15.4 Å². The van der Waals surface area contributed by atoms with E-state index in [0.29, 0.717) is 19.6 Å². The second-order valence-electron chi connectivity index (χ2n) is 5.19. The van der Waals surface area contributed by atoms with Crippen molar-refractivity contribution in [2.45, 2.75) is 38.8 Å². The molecular formula is C15H20F2N2O2. The molecule has 0 saturated carbocycles. The first-order valence-electron chi connectivity index (χ1n) is 7.18. The lowest BCUT2D eigenvalue weighted by Crippen LogP contribution is -2.39. The highest BCUT2D eigenvalue weighted by atomic mass is 19.1. The summed E-state index contributed by atoms with van der Waals surface area (Å²) in [6.45, 7) is 4.80. The van der Waals surface area contributed by atoms with Gasteiger partial charge in [0.2, 0.25) is 0 Å². The SMILES string of the molecule is CCCNc1c(F)cc(C(=O)NC2CCOC2C)cc1F. The smallest absolute Gasteiger partial charge is 0.251 e. The van der Waals surface area contributed by atoms with E-state index in [9.17, 15) is 13.6 Å². The van der Waals surface area contributed by atoms with Crippen molar-refractivity contribution in [2.24, 2.45) is 0 Å². The van der Waals surface area contributed by atoms with Crippen LogP contribution < -0.4 is 10.6 Å². The minimum absolute atomic E-state index is 0.0221. The second-order valence-corrected chi connectivity index (χ2v) is 5.19. The van der Waals surface area contributed by atoms with E-state index in [1.807, 2.05) is 13.8 Å². The summed E-state index contributed by atoms with van der Waals surface area (Å²) in [6.07, 6.45) is 1.36. The van der Waals surface area contributed by atoms with Gasteiger partial charge in [0.15, 0.2) is 0 Å². The van der Waals surface area contributed by atoms with Crippen LogP contribution >= 0.6 is 0 Å². The summed E-state index contributed by atoms with van der Waals surface area (Å²) in [5.41, 5.74) is -0.211. The standard InChI is InChI=1S/C15H20F2N2O2/c1-3-5-18-14-11(16)7-10(8-12(14)17)15(20)19-13-4-6-21-9(13)2/h7-9,13,18H,3-6H2,1-2H3,(H,19,20). The molecule has 1 heterocycles. The Labute approximate surface area is 122 Å². The minimum atomic E-state index is -0.760. The van der Waals surface area contributed by atoms with Crippen molar-refractivity contribution in [3.05, 3.63) is 29.3 Å². The average molecular weight is 298 g/mol. The number of anilines is 1. The van der Waals surface area contributed by atoms with E-state index in [-0.39, 0.29) is 23.4 Å². The Bertz CT molecular complexity index is 499. The molecule has 1 aliphatic heterocycles. The van der Waals surface area contributed by atoms with E-state index in [4.69, 9.17) is 4.74 Å². The van der Waals surface area contributed by atoms with Gasteiger partial charge in [-0.3, -0.25) is 4.79 Å². The minimum Gasteiger partial charge on any atom is -0.380 e. The maximum atomic E-state index is 13.9. The molecule has 0 aromatic heterocycles. The number of rotatable bonds is 5. The number of hydrogen-bond donors (Lipinski definition) is 2. The molecule has 2 N–H and O–H groups in total. The second kappa shape index (κ2) is 6.85. The lowest BCUT2D eigenvalue weighted by atomic mass is 10.1. The van der Waals surface area contributed by atoms with Crippen LogP contribution in [0.15, 0.2) is 12.1 Å². The van der Waals surface area contributed by atoms with Gasteiger partial charge in [0, 0.05) is 18.7 Å². The molecule has 0 bridgehead atoms. The molecule has 2 rings (SSSR count). The first-order chi connectivity index (χ1) is 10.0. The van der Waals surface area contributed by atoms with Gasteiger partial charge in [0.1, 0.15) is 17.3 Å². The normalized spacial score (nSPS) is 21.3. The van der Waals surface area contributed by atoms with E-state index in [1.54, 1.807) is 0 Å². The van der Waals surface area contributed by atoms with Crippen molar-refractivity contribution >= 4 is 11.6 Å². The van der Waals surface area contributed by atoms with Crippen LogP contribution in [-0.2, 0) is 4.74 Å². The summed E-state index contributed by atoms with van der Waals surface area (Å²) in [4.78, 5) is 12.1.